The van der Waals surface area contributed by atoms with Crippen molar-refractivity contribution in [2.24, 2.45) is 0 Å². The molecule has 1 heterocycles. The first-order valence-corrected chi connectivity index (χ1v) is 6.20. The van der Waals surface area contributed by atoms with E-state index < -0.39 is 10.9 Å². The molecule has 0 spiro atoms. The van der Waals surface area contributed by atoms with Crippen LogP contribution < -0.4 is 9.64 Å². The molecular formula is C12H15N3O5. The second kappa shape index (κ2) is 5.72. The van der Waals surface area contributed by atoms with E-state index in [0.29, 0.717) is 0 Å². The minimum Gasteiger partial charge on any atom is -0.481 e. The van der Waals surface area contributed by atoms with Crippen LogP contribution in [-0.4, -0.2) is 40.7 Å². The Morgan fingerprint density at radius 1 is 1.60 bits per heavy atom. The third-order valence-corrected chi connectivity index (χ3v) is 3.06. The first-order chi connectivity index (χ1) is 9.52. The van der Waals surface area contributed by atoms with Gasteiger partial charge < -0.3 is 14.7 Å². The van der Waals surface area contributed by atoms with Gasteiger partial charge in [-0.3, -0.25) is 14.9 Å². The highest BCUT2D eigenvalue weighted by atomic mass is 16.6. The molecule has 1 saturated carbocycles. The van der Waals surface area contributed by atoms with Gasteiger partial charge in [0.2, 0.25) is 11.7 Å². The summed E-state index contributed by atoms with van der Waals surface area (Å²) in [5, 5.41) is 19.9. The van der Waals surface area contributed by atoms with Crippen molar-refractivity contribution < 1.29 is 19.6 Å². The largest absolute Gasteiger partial charge is 0.481 e. The van der Waals surface area contributed by atoms with Gasteiger partial charge in [0, 0.05) is 24.7 Å². The highest BCUT2D eigenvalue weighted by Crippen LogP contribution is 2.36. The predicted molar refractivity (Wildman–Crippen MR) is 70.1 cm³/mol. The molecule has 8 nitrogen and oxygen atoms in total. The van der Waals surface area contributed by atoms with Gasteiger partial charge >= 0.3 is 11.7 Å². The summed E-state index contributed by atoms with van der Waals surface area (Å²) in [6, 6.07) is 2.87. The zero-order valence-electron chi connectivity index (χ0n) is 11.0. The third-order valence-electron chi connectivity index (χ3n) is 3.06. The molecule has 1 aromatic rings. The van der Waals surface area contributed by atoms with Crippen molar-refractivity contribution in [2.45, 2.75) is 25.3 Å². The molecule has 1 fully saturated rings. The maximum atomic E-state index is 11.1. The number of hydrogen-bond acceptors (Lipinski definition) is 6. The second-order valence-corrected chi connectivity index (χ2v) is 4.52. The summed E-state index contributed by atoms with van der Waals surface area (Å²) in [7, 11) is 1.43. The summed E-state index contributed by atoms with van der Waals surface area (Å²) in [6.45, 7) is 0.195. The first kappa shape index (κ1) is 14.0. The van der Waals surface area contributed by atoms with Gasteiger partial charge in [0.25, 0.3) is 0 Å². The van der Waals surface area contributed by atoms with Crippen molar-refractivity contribution in [3.8, 4) is 5.88 Å². The molecule has 0 aliphatic heterocycles. The number of nitrogens with zero attached hydrogens (tertiary/aromatic N) is 3. The minimum atomic E-state index is -0.943. The summed E-state index contributed by atoms with van der Waals surface area (Å²) >= 11 is 0. The van der Waals surface area contributed by atoms with Crippen molar-refractivity contribution in [2.75, 3.05) is 18.6 Å². The Labute approximate surface area is 115 Å². The van der Waals surface area contributed by atoms with Crippen LogP contribution in [0.3, 0.4) is 0 Å². The molecule has 1 N–H and O–H groups in total. The molecule has 108 valence electrons. The molecular weight excluding hydrogens is 266 g/mol. The number of carboxylic acids is 1. The van der Waals surface area contributed by atoms with Crippen molar-refractivity contribution in [1.29, 1.82) is 0 Å². The fourth-order valence-electron chi connectivity index (χ4n) is 1.95. The molecule has 1 aliphatic rings. The summed E-state index contributed by atoms with van der Waals surface area (Å²) in [5.41, 5.74) is -0.136. The first-order valence-electron chi connectivity index (χ1n) is 6.20. The standard InChI is InChI=1S/C12H15N3O5/c1-20-10-5-4-9(15(18)19)12(13-10)14(8-2-3-8)7-6-11(16)17/h4-5,8H,2-3,6-7H2,1H3,(H,16,17). The Bertz CT molecular complexity index is 530. The lowest BCUT2D eigenvalue weighted by molar-refractivity contribution is -0.384. The molecule has 0 unspecified atom stereocenters. The van der Waals surface area contributed by atoms with Crippen LogP contribution in [-0.2, 0) is 4.79 Å². The maximum Gasteiger partial charge on any atom is 0.311 e. The van der Waals surface area contributed by atoms with Gasteiger partial charge in [-0.2, -0.15) is 4.98 Å². The van der Waals surface area contributed by atoms with Crippen LogP contribution in [0.25, 0.3) is 0 Å². The summed E-state index contributed by atoms with van der Waals surface area (Å²) < 4.78 is 4.99. The van der Waals surface area contributed by atoms with Gasteiger partial charge in [-0.15, -0.1) is 0 Å². The van der Waals surface area contributed by atoms with Crippen molar-refractivity contribution in [1.82, 2.24) is 4.98 Å². The monoisotopic (exact) mass is 281 g/mol. The number of carboxylic acid groups (broad SMARTS) is 1. The lowest BCUT2D eigenvalue weighted by Crippen LogP contribution is -2.30. The average molecular weight is 281 g/mol. The average Bonchev–Trinajstić information content (AvgIpc) is 3.22. The van der Waals surface area contributed by atoms with Gasteiger partial charge in [0.15, 0.2) is 0 Å². The molecule has 0 saturated heterocycles. The van der Waals surface area contributed by atoms with E-state index in [-0.39, 0.29) is 36.4 Å². The second-order valence-electron chi connectivity index (χ2n) is 4.52. The minimum absolute atomic E-state index is 0.0907. The van der Waals surface area contributed by atoms with E-state index in [4.69, 9.17) is 9.84 Å². The molecule has 0 bridgehead atoms. The van der Waals surface area contributed by atoms with E-state index in [2.05, 4.69) is 4.98 Å². The molecule has 20 heavy (non-hydrogen) atoms. The highest BCUT2D eigenvalue weighted by Gasteiger charge is 2.34. The van der Waals surface area contributed by atoms with E-state index in [9.17, 15) is 14.9 Å². The van der Waals surface area contributed by atoms with Crippen molar-refractivity contribution >= 4 is 17.5 Å². The number of hydrogen-bond donors (Lipinski definition) is 1. The quantitative estimate of drug-likeness (QED) is 0.595. The molecule has 0 aromatic carbocycles. The van der Waals surface area contributed by atoms with E-state index in [0.717, 1.165) is 12.8 Å². The number of carbonyl (C=O) groups is 1. The molecule has 1 aromatic heterocycles. The molecule has 1 aliphatic carbocycles. The highest BCUT2D eigenvalue weighted by molar-refractivity contribution is 5.68. The number of methoxy groups -OCH3 is 1. The molecule has 0 amide bonds. The number of anilines is 1. The Morgan fingerprint density at radius 2 is 2.30 bits per heavy atom. The van der Waals surface area contributed by atoms with Crippen LogP contribution in [0.4, 0.5) is 11.5 Å². The summed E-state index contributed by atoms with van der Waals surface area (Å²) in [5.74, 6) is -0.495. The van der Waals surface area contributed by atoms with E-state index in [1.807, 2.05) is 0 Å². The number of rotatable bonds is 7. The molecule has 0 atom stereocenters. The Kier molecular flexibility index (Phi) is 4.02. The summed E-state index contributed by atoms with van der Waals surface area (Å²) in [4.78, 5) is 27.1. The fourth-order valence-corrected chi connectivity index (χ4v) is 1.95. The number of aromatic nitrogens is 1. The van der Waals surface area contributed by atoms with Crippen LogP contribution >= 0.6 is 0 Å². The normalized spacial score (nSPS) is 13.8. The van der Waals surface area contributed by atoms with Crippen LogP contribution in [0.2, 0.25) is 0 Å². The van der Waals surface area contributed by atoms with Gasteiger partial charge in [0.05, 0.1) is 18.5 Å². The zero-order valence-corrected chi connectivity index (χ0v) is 11.0. The van der Waals surface area contributed by atoms with E-state index >= 15 is 0 Å². The molecule has 0 radical (unpaired) electrons. The fraction of sp³-hybridized carbons (Fsp3) is 0.500. The third kappa shape index (κ3) is 3.14. The number of nitro groups is 1. The Morgan fingerprint density at radius 3 is 2.80 bits per heavy atom. The number of ether oxygens (including phenoxy) is 1. The van der Waals surface area contributed by atoms with Gasteiger partial charge in [0.1, 0.15) is 0 Å². The van der Waals surface area contributed by atoms with Crippen LogP contribution in [0.15, 0.2) is 12.1 Å². The van der Waals surface area contributed by atoms with Crippen molar-refractivity contribution in [3.63, 3.8) is 0 Å². The number of pyridine rings is 1. The van der Waals surface area contributed by atoms with Gasteiger partial charge in [-0.25, -0.2) is 0 Å². The lowest BCUT2D eigenvalue weighted by Gasteiger charge is -2.22. The van der Waals surface area contributed by atoms with Gasteiger partial charge in [-0.05, 0) is 12.8 Å². The number of aliphatic carboxylic acids is 1. The zero-order chi connectivity index (χ0) is 14.7. The van der Waals surface area contributed by atoms with Gasteiger partial charge in [-0.1, -0.05) is 0 Å². The Hall–Kier alpha value is -2.38. The maximum absolute atomic E-state index is 11.1. The summed E-state index contributed by atoms with van der Waals surface area (Å²) in [6.07, 6.45) is 1.68. The molecule has 8 heteroatoms. The van der Waals surface area contributed by atoms with Crippen molar-refractivity contribution in [3.05, 3.63) is 22.2 Å². The topological polar surface area (TPSA) is 106 Å². The molecule has 2 rings (SSSR count). The van der Waals surface area contributed by atoms with Crippen LogP contribution in [0.5, 0.6) is 5.88 Å². The van der Waals surface area contributed by atoms with E-state index in [1.54, 1.807) is 4.90 Å². The van der Waals surface area contributed by atoms with E-state index in [1.165, 1.54) is 19.2 Å². The van der Waals surface area contributed by atoms with Crippen LogP contribution in [0.1, 0.15) is 19.3 Å². The Balaban J connectivity index is 2.34. The predicted octanol–water partition coefficient (Wildman–Crippen LogP) is 1.44. The SMILES string of the molecule is COc1ccc([N+](=O)[O-])c(N(CCC(=O)O)C2CC2)n1. The van der Waals surface area contributed by atoms with Crippen LogP contribution in [0, 0.1) is 10.1 Å². The smallest absolute Gasteiger partial charge is 0.311 e. The lowest BCUT2D eigenvalue weighted by atomic mass is 10.3.